The molecule has 2 N–H and O–H groups in total. The van der Waals surface area contributed by atoms with Gasteiger partial charge in [0.05, 0.1) is 12.1 Å². The van der Waals surface area contributed by atoms with Gasteiger partial charge in [0, 0.05) is 17.3 Å². The molecule has 0 aliphatic carbocycles. The number of alkyl carbamates (subject to hydrolysis) is 1. The molecule has 1 rings (SSSR count). The van der Waals surface area contributed by atoms with Gasteiger partial charge in [-0.15, -0.1) is 11.8 Å². The van der Waals surface area contributed by atoms with E-state index in [1.807, 2.05) is 51.1 Å². The van der Waals surface area contributed by atoms with Crippen LogP contribution in [0.5, 0.6) is 0 Å². The molecule has 1 aromatic carbocycles. The second-order valence-electron chi connectivity index (χ2n) is 10.2. The number of hydrogen-bond acceptors (Lipinski definition) is 5. The first-order chi connectivity index (χ1) is 13.7. The molecule has 0 saturated heterocycles. The summed E-state index contributed by atoms with van der Waals surface area (Å²) in [5.41, 5.74) is -0.580. The van der Waals surface area contributed by atoms with E-state index in [0.29, 0.717) is 18.8 Å². The van der Waals surface area contributed by atoms with Crippen LogP contribution in [0.3, 0.4) is 0 Å². The van der Waals surface area contributed by atoms with Crippen molar-refractivity contribution in [2.75, 3.05) is 12.4 Å². The van der Waals surface area contributed by atoms with Gasteiger partial charge in [-0.25, -0.2) is 4.79 Å². The lowest BCUT2D eigenvalue weighted by Crippen LogP contribution is -2.46. The SMILES string of the molecule is CC(C)(C)OC(=O)N[C@@H](CCCO[Si](C)(C)C(C)(C)C)[C@H](O)CSc1ccccc1. The molecule has 172 valence electrons. The van der Waals surface area contributed by atoms with Gasteiger partial charge in [0.2, 0.25) is 0 Å². The van der Waals surface area contributed by atoms with Gasteiger partial charge in [-0.1, -0.05) is 39.0 Å². The maximum atomic E-state index is 12.3. The minimum absolute atomic E-state index is 0.160. The molecular weight excluding hydrogens is 414 g/mol. The molecule has 7 heteroatoms. The highest BCUT2D eigenvalue weighted by Crippen LogP contribution is 2.36. The lowest BCUT2D eigenvalue weighted by molar-refractivity contribution is 0.0429. The van der Waals surface area contributed by atoms with Gasteiger partial charge in [-0.2, -0.15) is 0 Å². The fraction of sp³-hybridized carbons (Fsp3) is 0.696. The van der Waals surface area contributed by atoms with Gasteiger partial charge in [0.1, 0.15) is 5.60 Å². The Labute approximate surface area is 188 Å². The molecule has 0 aliphatic heterocycles. The van der Waals surface area contributed by atoms with Crippen molar-refractivity contribution in [2.45, 2.75) is 95.2 Å². The Bertz CT molecular complexity index is 641. The highest BCUT2D eigenvalue weighted by Gasteiger charge is 2.37. The van der Waals surface area contributed by atoms with Crippen molar-refractivity contribution in [3.05, 3.63) is 30.3 Å². The van der Waals surface area contributed by atoms with E-state index < -0.39 is 26.1 Å². The van der Waals surface area contributed by atoms with Crippen molar-refractivity contribution >= 4 is 26.2 Å². The third-order valence-electron chi connectivity index (χ3n) is 5.26. The summed E-state index contributed by atoms with van der Waals surface area (Å²) < 4.78 is 11.6. The molecule has 0 bridgehead atoms. The van der Waals surface area contributed by atoms with Crippen molar-refractivity contribution < 1.29 is 19.1 Å². The number of carbonyl (C=O) groups excluding carboxylic acids is 1. The van der Waals surface area contributed by atoms with Crippen LogP contribution in [-0.4, -0.2) is 49.6 Å². The molecular formula is C23H41NO4SSi. The van der Waals surface area contributed by atoms with Crippen LogP contribution < -0.4 is 5.32 Å². The maximum Gasteiger partial charge on any atom is 0.407 e. The van der Waals surface area contributed by atoms with E-state index in [4.69, 9.17) is 9.16 Å². The van der Waals surface area contributed by atoms with Crippen molar-refractivity contribution in [1.29, 1.82) is 0 Å². The summed E-state index contributed by atoms with van der Waals surface area (Å²) >= 11 is 1.58. The molecule has 0 heterocycles. The number of nitrogens with one attached hydrogen (secondary N) is 1. The van der Waals surface area contributed by atoms with E-state index in [1.165, 1.54) is 0 Å². The standard InChI is InChI=1S/C23H41NO4SSi/c1-22(2,3)28-21(26)24-19(15-12-16-27-30(7,8)23(4,5)6)20(25)17-29-18-13-10-9-11-14-18/h9-11,13-14,19-20,25H,12,15-17H2,1-8H3,(H,24,26)/t19-,20+/m0/s1. The van der Waals surface area contributed by atoms with Crippen LogP contribution in [0.2, 0.25) is 18.1 Å². The van der Waals surface area contributed by atoms with Crippen molar-refractivity contribution in [3.63, 3.8) is 0 Å². The zero-order valence-corrected chi connectivity index (χ0v) is 21.8. The van der Waals surface area contributed by atoms with E-state index >= 15 is 0 Å². The largest absolute Gasteiger partial charge is 0.444 e. The van der Waals surface area contributed by atoms with Crippen LogP contribution in [0.1, 0.15) is 54.4 Å². The lowest BCUT2D eigenvalue weighted by Gasteiger charge is -2.36. The number of aliphatic hydroxyl groups excluding tert-OH is 1. The molecule has 30 heavy (non-hydrogen) atoms. The van der Waals surface area contributed by atoms with Crippen molar-refractivity contribution in [1.82, 2.24) is 5.32 Å². The number of hydrogen-bond donors (Lipinski definition) is 2. The van der Waals surface area contributed by atoms with E-state index in [1.54, 1.807) is 11.8 Å². The molecule has 0 spiro atoms. The van der Waals surface area contributed by atoms with Crippen LogP contribution in [0.15, 0.2) is 35.2 Å². The molecule has 1 amide bonds. The highest BCUT2D eigenvalue weighted by atomic mass is 32.2. The topological polar surface area (TPSA) is 67.8 Å². The average molecular weight is 456 g/mol. The summed E-state index contributed by atoms with van der Waals surface area (Å²) in [6.45, 7) is 17.2. The summed E-state index contributed by atoms with van der Waals surface area (Å²) in [4.78, 5) is 13.4. The molecule has 0 unspecified atom stereocenters. The zero-order chi connectivity index (χ0) is 23.0. The summed E-state index contributed by atoms with van der Waals surface area (Å²) in [6.07, 6.45) is 0.210. The van der Waals surface area contributed by atoms with Crippen LogP contribution in [0.4, 0.5) is 4.79 Å². The second kappa shape index (κ2) is 11.6. The Morgan fingerprint density at radius 1 is 1.13 bits per heavy atom. The molecule has 0 aliphatic rings. The Hall–Kier alpha value is -1.02. The normalized spacial score (nSPS) is 14.8. The molecule has 0 saturated carbocycles. The monoisotopic (exact) mass is 455 g/mol. The van der Waals surface area contributed by atoms with E-state index in [0.717, 1.165) is 11.3 Å². The van der Waals surface area contributed by atoms with Gasteiger partial charge in [0.15, 0.2) is 8.32 Å². The number of aliphatic hydroxyl groups is 1. The van der Waals surface area contributed by atoms with E-state index in [2.05, 4.69) is 39.2 Å². The second-order valence-corrected chi connectivity index (χ2v) is 16.1. The van der Waals surface area contributed by atoms with Gasteiger partial charge < -0.3 is 19.6 Å². The molecule has 1 aromatic rings. The van der Waals surface area contributed by atoms with Crippen LogP contribution >= 0.6 is 11.8 Å². The summed E-state index contributed by atoms with van der Waals surface area (Å²) in [6, 6.07) is 9.56. The number of carbonyl (C=O) groups is 1. The predicted octanol–water partition coefficient (Wildman–Crippen LogP) is 5.83. The summed E-state index contributed by atoms with van der Waals surface area (Å²) in [5, 5.41) is 13.8. The van der Waals surface area contributed by atoms with Gasteiger partial charge in [0.25, 0.3) is 0 Å². The Morgan fingerprint density at radius 3 is 2.27 bits per heavy atom. The molecule has 2 atom stereocenters. The van der Waals surface area contributed by atoms with Gasteiger partial charge in [-0.05, 0) is 63.9 Å². The lowest BCUT2D eigenvalue weighted by atomic mass is 10.1. The quantitative estimate of drug-likeness (QED) is 0.264. The smallest absolute Gasteiger partial charge is 0.407 e. The first kappa shape index (κ1) is 27.0. The summed E-state index contributed by atoms with van der Waals surface area (Å²) in [5.74, 6) is 0.494. The van der Waals surface area contributed by atoms with E-state index in [-0.39, 0.29) is 11.1 Å². The average Bonchev–Trinajstić information content (AvgIpc) is 2.60. The molecule has 0 fully saturated rings. The summed E-state index contributed by atoms with van der Waals surface area (Å²) in [7, 11) is -1.81. The van der Waals surface area contributed by atoms with Crippen LogP contribution in [0.25, 0.3) is 0 Å². The minimum Gasteiger partial charge on any atom is -0.444 e. The van der Waals surface area contributed by atoms with Crippen molar-refractivity contribution in [3.8, 4) is 0 Å². The van der Waals surface area contributed by atoms with Crippen LogP contribution in [0, 0.1) is 0 Å². The van der Waals surface area contributed by atoms with E-state index in [9.17, 15) is 9.90 Å². The number of amides is 1. The number of thioether (sulfide) groups is 1. The maximum absolute atomic E-state index is 12.3. The zero-order valence-electron chi connectivity index (χ0n) is 20.0. The Kier molecular flexibility index (Phi) is 10.4. The first-order valence-corrected chi connectivity index (χ1v) is 14.6. The fourth-order valence-electron chi connectivity index (χ4n) is 2.48. The Morgan fingerprint density at radius 2 is 1.73 bits per heavy atom. The third-order valence-corrected chi connectivity index (χ3v) is 10.9. The number of benzene rings is 1. The number of rotatable bonds is 10. The Balaban J connectivity index is 2.66. The highest BCUT2D eigenvalue weighted by molar-refractivity contribution is 7.99. The van der Waals surface area contributed by atoms with Gasteiger partial charge in [-0.3, -0.25) is 0 Å². The predicted molar refractivity (Wildman–Crippen MR) is 129 cm³/mol. The van der Waals surface area contributed by atoms with Gasteiger partial charge >= 0.3 is 6.09 Å². The molecule has 5 nitrogen and oxygen atoms in total. The minimum atomic E-state index is -1.81. The molecule has 0 aromatic heterocycles. The van der Waals surface area contributed by atoms with Crippen molar-refractivity contribution in [2.24, 2.45) is 0 Å². The third kappa shape index (κ3) is 10.3. The fourth-order valence-corrected chi connectivity index (χ4v) is 4.51. The first-order valence-electron chi connectivity index (χ1n) is 10.7. The van der Waals surface area contributed by atoms with Crippen LogP contribution in [-0.2, 0) is 9.16 Å². The number of ether oxygens (including phenoxy) is 1. The molecule has 0 radical (unpaired) electrons.